The minimum absolute atomic E-state index is 0.0248. The van der Waals surface area contributed by atoms with Gasteiger partial charge < -0.3 is 19.7 Å². The molecular weight excluding hydrogens is 398 g/mol. The van der Waals surface area contributed by atoms with Crippen LogP contribution in [0.5, 0.6) is 5.75 Å². The van der Waals surface area contributed by atoms with E-state index in [9.17, 15) is 18.0 Å². The van der Waals surface area contributed by atoms with Crippen molar-refractivity contribution in [3.8, 4) is 5.75 Å². The summed E-state index contributed by atoms with van der Waals surface area (Å²) in [4.78, 5) is 26.6. The molecule has 1 N–H and O–H groups in total. The van der Waals surface area contributed by atoms with E-state index in [4.69, 9.17) is 9.47 Å². The average Bonchev–Trinajstić information content (AvgIpc) is 3.10. The molecule has 0 saturated carbocycles. The number of hydrogen-bond donors (Lipinski definition) is 1. The van der Waals surface area contributed by atoms with Crippen LogP contribution >= 0.6 is 0 Å². The number of hydrogen-bond acceptors (Lipinski definition) is 6. The minimum atomic E-state index is -3.71. The molecule has 2 saturated heterocycles. The molecule has 10 heteroatoms. The number of carbonyl (C=O) groups is 2. The molecule has 0 bridgehead atoms. The first-order valence-corrected chi connectivity index (χ1v) is 11.0. The molecule has 1 unspecified atom stereocenters. The Morgan fingerprint density at radius 2 is 1.97 bits per heavy atom. The number of nitrogens with one attached hydrogen (secondary N) is 1. The quantitative estimate of drug-likeness (QED) is 0.726. The molecule has 0 aliphatic carbocycles. The van der Waals surface area contributed by atoms with Crippen LogP contribution in [0.1, 0.15) is 20.3 Å². The average molecular weight is 426 g/mol. The lowest BCUT2D eigenvalue weighted by Gasteiger charge is -2.26. The lowest BCUT2D eigenvalue weighted by Crippen LogP contribution is -2.40. The van der Waals surface area contributed by atoms with E-state index in [0.717, 1.165) is 0 Å². The number of methoxy groups -OCH3 is 1. The Bertz CT molecular complexity index is 880. The molecule has 2 aliphatic heterocycles. The van der Waals surface area contributed by atoms with Crippen LogP contribution < -0.4 is 10.1 Å². The molecule has 0 radical (unpaired) electrons. The number of nitrogens with zero attached hydrogens (tertiary/aromatic N) is 2. The molecule has 3 rings (SSSR count). The molecule has 1 atom stereocenters. The summed E-state index contributed by atoms with van der Waals surface area (Å²) in [5.74, 6) is -0.532. The monoisotopic (exact) mass is 425 g/mol. The van der Waals surface area contributed by atoms with Gasteiger partial charge in [0.1, 0.15) is 5.75 Å². The first-order valence-electron chi connectivity index (χ1n) is 9.60. The standard InChI is InChI=1S/C19H27N3O6S/c1-13(2)22-12-14(10-18(22)23)19(24)20-16-11-15(4-5-17(16)27-3)29(25,26)21-6-8-28-9-7-21/h4-5,11,13-14H,6-10,12H2,1-3H3,(H,20,24). The first-order chi connectivity index (χ1) is 13.7. The number of benzene rings is 1. The third-order valence-corrected chi connectivity index (χ3v) is 7.08. The van der Waals surface area contributed by atoms with E-state index in [1.807, 2.05) is 13.8 Å². The summed E-state index contributed by atoms with van der Waals surface area (Å²) in [6, 6.07) is 4.40. The van der Waals surface area contributed by atoms with Crippen molar-refractivity contribution in [2.75, 3.05) is 45.3 Å². The van der Waals surface area contributed by atoms with Crippen LogP contribution in [-0.2, 0) is 24.3 Å². The van der Waals surface area contributed by atoms with Crippen molar-refractivity contribution in [2.24, 2.45) is 5.92 Å². The van der Waals surface area contributed by atoms with Crippen LogP contribution in [-0.4, -0.2) is 75.4 Å². The van der Waals surface area contributed by atoms with Crippen molar-refractivity contribution >= 4 is 27.5 Å². The number of rotatable bonds is 6. The number of morpholine rings is 1. The molecule has 2 amide bonds. The van der Waals surface area contributed by atoms with Gasteiger partial charge in [-0.25, -0.2) is 8.42 Å². The maximum Gasteiger partial charge on any atom is 0.243 e. The molecule has 29 heavy (non-hydrogen) atoms. The van der Waals surface area contributed by atoms with Crippen LogP contribution in [0.15, 0.2) is 23.1 Å². The maximum atomic E-state index is 12.9. The van der Waals surface area contributed by atoms with Crippen LogP contribution in [0.4, 0.5) is 5.69 Å². The van der Waals surface area contributed by atoms with Gasteiger partial charge in [0.05, 0.1) is 36.8 Å². The topological polar surface area (TPSA) is 105 Å². The van der Waals surface area contributed by atoms with E-state index in [-0.39, 0.29) is 47.9 Å². The zero-order valence-corrected chi connectivity index (χ0v) is 17.7. The van der Waals surface area contributed by atoms with E-state index < -0.39 is 15.9 Å². The molecule has 0 aromatic heterocycles. The Labute approximate surface area is 171 Å². The highest BCUT2D eigenvalue weighted by molar-refractivity contribution is 7.89. The van der Waals surface area contributed by atoms with Crippen LogP contribution in [0, 0.1) is 5.92 Å². The van der Waals surface area contributed by atoms with Gasteiger partial charge in [-0.15, -0.1) is 0 Å². The summed E-state index contributed by atoms with van der Waals surface area (Å²) < 4.78 is 37.7. The van der Waals surface area contributed by atoms with Gasteiger partial charge in [-0.2, -0.15) is 4.31 Å². The Morgan fingerprint density at radius 3 is 2.55 bits per heavy atom. The van der Waals surface area contributed by atoms with Crippen molar-refractivity contribution in [3.63, 3.8) is 0 Å². The predicted octanol–water partition coefficient (Wildman–Crippen LogP) is 0.912. The molecule has 2 fully saturated rings. The Kier molecular flexibility index (Phi) is 6.45. The molecule has 1 aromatic carbocycles. The largest absolute Gasteiger partial charge is 0.495 e. The molecule has 2 aliphatic rings. The van der Waals surface area contributed by atoms with E-state index in [0.29, 0.717) is 25.5 Å². The van der Waals surface area contributed by atoms with Crippen molar-refractivity contribution in [3.05, 3.63) is 18.2 Å². The molecule has 160 valence electrons. The lowest BCUT2D eigenvalue weighted by atomic mass is 10.1. The lowest BCUT2D eigenvalue weighted by molar-refractivity contribution is -0.129. The summed E-state index contributed by atoms with van der Waals surface area (Å²) in [7, 11) is -2.26. The number of ether oxygens (including phenoxy) is 2. The summed E-state index contributed by atoms with van der Waals surface area (Å²) in [6.45, 7) is 5.41. The zero-order valence-electron chi connectivity index (χ0n) is 16.9. The summed E-state index contributed by atoms with van der Waals surface area (Å²) >= 11 is 0. The van der Waals surface area contributed by atoms with Gasteiger partial charge in [0.15, 0.2) is 0 Å². The highest BCUT2D eigenvalue weighted by Gasteiger charge is 2.36. The molecule has 0 spiro atoms. The van der Waals surface area contributed by atoms with E-state index in [1.54, 1.807) is 4.90 Å². The minimum Gasteiger partial charge on any atom is -0.495 e. The summed E-state index contributed by atoms with van der Waals surface area (Å²) in [6.07, 6.45) is 0.137. The van der Waals surface area contributed by atoms with Crippen molar-refractivity contribution < 1.29 is 27.5 Å². The Hall–Kier alpha value is -2.17. The highest BCUT2D eigenvalue weighted by atomic mass is 32.2. The molecule has 2 heterocycles. The number of likely N-dealkylation sites (tertiary alicyclic amines) is 1. The fourth-order valence-corrected chi connectivity index (χ4v) is 4.96. The third kappa shape index (κ3) is 4.54. The fraction of sp³-hybridized carbons (Fsp3) is 0.579. The van der Waals surface area contributed by atoms with Gasteiger partial charge in [0, 0.05) is 32.1 Å². The van der Waals surface area contributed by atoms with Crippen molar-refractivity contribution in [1.82, 2.24) is 9.21 Å². The highest BCUT2D eigenvalue weighted by Crippen LogP contribution is 2.30. The second-order valence-corrected chi connectivity index (χ2v) is 9.35. The SMILES string of the molecule is COc1ccc(S(=O)(=O)N2CCOCC2)cc1NC(=O)C1CC(=O)N(C(C)C)C1. The number of sulfonamides is 1. The molecule has 1 aromatic rings. The van der Waals surface area contributed by atoms with Crippen LogP contribution in [0.3, 0.4) is 0 Å². The normalized spacial score (nSPS) is 20.9. The second-order valence-electron chi connectivity index (χ2n) is 7.41. The van der Waals surface area contributed by atoms with Crippen molar-refractivity contribution in [2.45, 2.75) is 31.2 Å². The Morgan fingerprint density at radius 1 is 1.28 bits per heavy atom. The smallest absolute Gasteiger partial charge is 0.243 e. The Balaban J connectivity index is 1.81. The number of anilines is 1. The van der Waals surface area contributed by atoms with E-state index >= 15 is 0 Å². The summed E-state index contributed by atoms with van der Waals surface area (Å²) in [5, 5.41) is 2.75. The van der Waals surface area contributed by atoms with E-state index in [2.05, 4.69) is 5.32 Å². The molecule has 9 nitrogen and oxygen atoms in total. The van der Waals surface area contributed by atoms with Crippen LogP contribution in [0.2, 0.25) is 0 Å². The molecular formula is C19H27N3O6S. The van der Waals surface area contributed by atoms with E-state index in [1.165, 1.54) is 29.6 Å². The van der Waals surface area contributed by atoms with Gasteiger partial charge in [-0.3, -0.25) is 9.59 Å². The second kappa shape index (κ2) is 8.68. The third-order valence-electron chi connectivity index (χ3n) is 5.19. The van der Waals surface area contributed by atoms with Gasteiger partial charge in [-0.1, -0.05) is 0 Å². The first kappa shape index (κ1) is 21.5. The van der Waals surface area contributed by atoms with Crippen molar-refractivity contribution in [1.29, 1.82) is 0 Å². The number of amides is 2. The van der Waals surface area contributed by atoms with Gasteiger partial charge in [-0.05, 0) is 32.0 Å². The fourth-order valence-electron chi connectivity index (χ4n) is 3.52. The van der Waals surface area contributed by atoms with Gasteiger partial charge in [0.2, 0.25) is 21.8 Å². The van der Waals surface area contributed by atoms with Gasteiger partial charge >= 0.3 is 0 Å². The predicted molar refractivity (Wildman–Crippen MR) is 106 cm³/mol. The maximum absolute atomic E-state index is 12.9. The van der Waals surface area contributed by atoms with Crippen LogP contribution in [0.25, 0.3) is 0 Å². The summed E-state index contributed by atoms with van der Waals surface area (Å²) in [5.41, 5.74) is 0.266. The zero-order chi connectivity index (χ0) is 21.2. The number of carbonyl (C=O) groups excluding carboxylic acids is 2. The van der Waals surface area contributed by atoms with Gasteiger partial charge in [0.25, 0.3) is 0 Å².